The highest BCUT2D eigenvalue weighted by Crippen LogP contribution is 2.19. The minimum atomic E-state index is -0.488. The number of hydrogen-bond acceptors (Lipinski definition) is 5. The fourth-order valence-electron chi connectivity index (χ4n) is 2.84. The lowest BCUT2D eigenvalue weighted by Crippen LogP contribution is -2.39. The number of rotatable bonds is 6. The molecule has 24 heavy (non-hydrogen) atoms. The molecule has 0 bridgehead atoms. The maximum atomic E-state index is 12.4. The van der Waals surface area contributed by atoms with Gasteiger partial charge in [-0.1, -0.05) is 23.7 Å². The normalized spacial score (nSPS) is 17.0. The number of morpholine rings is 1. The van der Waals surface area contributed by atoms with Crippen LogP contribution in [0, 0.1) is 0 Å². The van der Waals surface area contributed by atoms with Gasteiger partial charge in [0.05, 0.1) is 23.3 Å². The summed E-state index contributed by atoms with van der Waals surface area (Å²) in [6, 6.07) is 6.97. The molecule has 1 N–H and O–H groups in total. The zero-order chi connectivity index (χ0) is 16.9. The molecule has 2 aromatic rings. The first kappa shape index (κ1) is 17.1. The molecule has 1 aromatic heterocycles. The molecule has 0 aliphatic carbocycles. The molecule has 3 rings (SSSR count). The number of carbonyl (C=O) groups excluding carboxylic acids is 1. The zero-order valence-corrected chi connectivity index (χ0v) is 14.7. The summed E-state index contributed by atoms with van der Waals surface area (Å²) in [6.07, 6.45) is 0.903. The summed E-state index contributed by atoms with van der Waals surface area (Å²) in [5.74, 6) is -0.106. The Morgan fingerprint density at radius 1 is 1.33 bits per heavy atom. The maximum Gasteiger partial charge on any atom is 0.269 e. The number of fused-ring (bicyclic) bond motifs is 1. The molecule has 1 unspecified atom stereocenters. The third-order valence-corrected chi connectivity index (χ3v) is 5.53. The summed E-state index contributed by atoms with van der Waals surface area (Å²) >= 11 is 1.34. The van der Waals surface area contributed by atoms with Crippen LogP contribution >= 0.6 is 11.5 Å². The lowest BCUT2D eigenvalue weighted by Gasteiger charge is -2.26. The fourth-order valence-corrected chi connectivity index (χ4v) is 3.88. The van der Waals surface area contributed by atoms with E-state index >= 15 is 0 Å². The molecular weight excluding hydrogens is 326 g/mol. The van der Waals surface area contributed by atoms with Crippen molar-refractivity contribution in [3.05, 3.63) is 34.6 Å². The molecular formula is C17H23N3O3S. The largest absolute Gasteiger partial charge is 0.379 e. The molecule has 1 atom stereocenters. The van der Waals surface area contributed by atoms with Crippen molar-refractivity contribution in [2.75, 3.05) is 39.4 Å². The molecule has 1 fully saturated rings. The highest BCUT2D eigenvalue weighted by molar-refractivity contribution is 7.14. The van der Waals surface area contributed by atoms with E-state index in [-0.39, 0.29) is 11.5 Å². The number of ether oxygens (including phenoxy) is 1. The topological polar surface area (TPSA) is 63.6 Å². The number of amides is 1. The smallest absolute Gasteiger partial charge is 0.269 e. The number of nitrogens with one attached hydrogen (secondary N) is 1. The van der Waals surface area contributed by atoms with E-state index in [0.29, 0.717) is 11.9 Å². The Bertz CT molecular complexity index is 749. The van der Waals surface area contributed by atoms with Gasteiger partial charge in [0.15, 0.2) is 0 Å². The Kier molecular flexibility index (Phi) is 5.65. The lowest BCUT2D eigenvalue weighted by molar-refractivity contribution is -0.123. The summed E-state index contributed by atoms with van der Waals surface area (Å²) < 4.78 is 7.79. The van der Waals surface area contributed by atoms with Gasteiger partial charge in [0.1, 0.15) is 6.04 Å². The molecule has 2 heterocycles. The van der Waals surface area contributed by atoms with E-state index in [2.05, 4.69) is 10.2 Å². The van der Waals surface area contributed by atoms with Crippen LogP contribution in [-0.4, -0.2) is 54.2 Å². The van der Waals surface area contributed by atoms with Gasteiger partial charge in [0.2, 0.25) is 5.91 Å². The number of carbonyl (C=O) groups is 1. The average molecular weight is 349 g/mol. The van der Waals surface area contributed by atoms with Gasteiger partial charge >= 0.3 is 0 Å². The SMILES string of the molecule is CC(C(=O)NCCCN1CCOCC1)n1sc2ccccc2c1=O. The van der Waals surface area contributed by atoms with Crippen molar-refractivity contribution >= 4 is 27.5 Å². The van der Waals surface area contributed by atoms with Crippen molar-refractivity contribution in [3.63, 3.8) is 0 Å². The second kappa shape index (κ2) is 7.92. The molecule has 6 nitrogen and oxygen atoms in total. The van der Waals surface area contributed by atoms with Crippen molar-refractivity contribution in [2.45, 2.75) is 19.4 Å². The van der Waals surface area contributed by atoms with Crippen LogP contribution in [0.25, 0.3) is 10.1 Å². The summed E-state index contributed by atoms with van der Waals surface area (Å²) in [4.78, 5) is 27.1. The van der Waals surface area contributed by atoms with Crippen LogP contribution in [0.4, 0.5) is 0 Å². The highest BCUT2D eigenvalue weighted by atomic mass is 32.1. The quantitative estimate of drug-likeness (QED) is 0.802. The molecule has 0 saturated carbocycles. The van der Waals surface area contributed by atoms with Gasteiger partial charge in [-0.2, -0.15) is 0 Å². The Hall–Kier alpha value is -1.70. The Labute approximate surface area is 145 Å². The molecule has 1 aromatic carbocycles. The zero-order valence-electron chi connectivity index (χ0n) is 13.9. The van der Waals surface area contributed by atoms with Crippen molar-refractivity contribution in [1.82, 2.24) is 14.2 Å². The molecule has 0 radical (unpaired) electrons. The number of hydrogen-bond donors (Lipinski definition) is 1. The van der Waals surface area contributed by atoms with Gasteiger partial charge in [0.25, 0.3) is 5.56 Å². The number of aromatic nitrogens is 1. The maximum absolute atomic E-state index is 12.4. The third-order valence-electron chi connectivity index (χ3n) is 4.30. The van der Waals surface area contributed by atoms with Crippen LogP contribution < -0.4 is 10.9 Å². The van der Waals surface area contributed by atoms with E-state index in [0.717, 1.165) is 44.0 Å². The Morgan fingerprint density at radius 3 is 2.83 bits per heavy atom. The van der Waals surface area contributed by atoms with Crippen molar-refractivity contribution in [1.29, 1.82) is 0 Å². The standard InChI is InChI=1S/C17H23N3O3S/c1-13(20-17(22)14-5-2-3-6-15(14)24-20)16(21)18-7-4-8-19-9-11-23-12-10-19/h2-3,5-6,13H,4,7-12H2,1H3,(H,18,21). The van der Waals surface area contributed by atoms with Gasteiger partial charge in [-0.05, 0) is 32.0 Å². The fraction of sp³-hybridized carbons (Fsp3) is 0.529. The minimum absolute atomic E-state index is 0.0911. The van der Waals surface area contributed by atoms with Gasteiger partial charge in [-0.25, -0.2) is 0 Å². The van der Waals surface area contributed by atoms with E-state index in [1.54, 1.807) is 16.9 Å². The molecule has 1 aliphatic heterocycles. The molecule has 7 heteroatoms. The number of benzene rings is 1. The average Bonchev–Trinajstić information content (AvgIpc) is 2.96. The molecule has 1 saturated heterocycles. The first-order valence-corrected chi connectivity index (χ1v) is 9.12. The van der Waals surface area contributed by atoms with E-state index in [1.807, 2.05) is 18.2 Å². The summed E-state index contributed by atoms with van der Waals surface area (Å²) in [6.45, 7) is 6.86. The van der Waals surface area contributed by atoms with Crippen LogP contribution in [0.1, 0.15) is 19.4 Å². The van der Waals surface area contributed by atoms with E-state index < -0.39 is 6.04 Å². The van der Waals surface area contributed by atoms with E-state index in [9.17, 15) is 9.59 Å². The predicted molar refractivity (Wildman–Crippen MR) is 95.7 cm³/mol. The van der Waals surface area contributed by atoms with Gasteiger partial charge < -0.3 is 10.1 Å². The summed E-state index contributed by atoms with van der Waals surface area (Å²) in [7, 11) is 0. The van der Waals surface area contributed by atoms with Gasteiger partial charge in [-0.15, -0.1) is 0 Å². The summed E-state index contributed by atoms with van der Waals surface area (Å²) in [5.41, 5.74) is -0.0911. The van der Waals surface area contributed by atoms with E-state index in [1.165, 1.54) is 11.5 Å². The molecule has 0 spiro atoms. The molecule has 130 valence electrons. The third kappa shape index (κ3) is 3.85. The highest BCUT2D eigenvalue weighted by Gasteiger charge is 2.19. The van der Waals surface area contributed by atoms with Crippen molar-refractivity contribution in [3.8, 4) is 0 Å². The van der Waals surface area contributed by atoms with Crippen LogP contribution in [-0.2, 0) is 9.53 Å². The second-order valence-corrected chi connectivity index (χ2v) is 7.01. The van der Waals surface area contributed by atoms with Gasteiger partial charge in [0, 0.05) is 19.6 Å². The van der Waals surface area contributed by atoms with Crippen LogP contribution in [0.3, 0.4) is 0 Å². The van der Waals surface area contributed by atoms with Crippen molar-refractivity contribution in [2.24, 2.45) is 0 Å². The van der Waals surface area contributed by atoms with Crippen molar-refractivity contribution < 1.29 is 9.53 Å². The van der Waals surface area contributed by atoms with Gasteiger partial charge in [-0.3, -0.25) is 18.4 Å². The van der Waals surface area contributed by atoms with Crippen LogP contribution in [0.15, 0.2) is 29.1 Å². The first-order valence-electron chi connectivity index (χ1n) is 8.35. The molecule has 1 aliphatic rings. The predicted octanol–water partition coefficient (Wildman–Crippen LogP) is 1.46. The molecule has 1 amide bonds. The van der Waals surface area contributed by atoms with E-state index in [4.69, 9.17) is 4.74 Å². The summed E-state index contributed by atoms with van der Waals surface area (Å²) in [5, 5.41) is 3.62. The Morgan fingerprint density at radius 2 is 2.08 bits per heavy atom. The second-order valence-electron chi connectivity index (χ2n) is 5.99. The Balaban J connectivity index is 1.52. The minimum Gasteiger partial charge on any atom is -0.379 e. The van der Waals surface area contributed by atoms with Crippen LogP contribution in [0.2, 0.25) is 0 Å². The first-order chi connectivity index (χ1) is 11.7. The number of nitrogens with zero attached hydrogens (tertiary/aromatic N) is 2. The van der Waals surface area contributed by atoms with Crippen LogP contribution in [0.5, 0.6) is 0 Å². The lowest BCUT2D eigenvalue weighted by atomic mass is 10.2. The monoisotopic (exact) mass is 349 g/mol.